The van der Waals surface area contributed by atoms with Crippen LogP contribution in [0.2, 0.25) is 0 Å². The number of pyridine rings is 1. The van der Waals surface area contributed by atoms with Crippen LogP contribution in [0, 0.1) is 18.8 Å². The number of hydrogen-bond donors (Lipinski definition) is 1. The molecule has 0 spiro atoms. The molecule has 0 radical (unpaired) electrons. The first-order valence-electron chi connectivity index (χ1n) is 17.4. The van der Waals surface area contributed by atoms with Gasteiger partial charge in [-0.3, -0.25) is 9.69 Å². The Kier molecular flexibility index (Phi) is 9.50. The number of aromatic nitrogens is 2. The summed E-state index contributed by atoms with van der Waals surface area (Å²) in [7, 11) is 1.72. The maximum Gasteiger partial charge on any atom is 0.410 e. The second-order valence-corrected chi connectivity index (χ2v) is 15.1. The zero-order valence-corrected chi connectivity index (χ0v) is 28.3. The van der Waals surface area contributed by atoms with Crippen LogP contribution < -0.4 is 9.64 Å². The van der Waals surface area contributed by atoms with Crippen molar-refractivity contribution in [2.75, 3.05) is 31.6 Å². The Labute approximate surface area is 281 Å². The number of thiazole rings is 1. The van der Waals surface area contributed by atoms with Gasteiger partial charge in [-0.05, 0) is 118 Å². The van der Waals surface area contributed by atoms with E-state index in [1.54, 1.807) is 18.4 Å². The lowest BCUT2D eigenvalue weighted by atomic mass is 9.78. The Morgan fingerprint density at radius 3 is 2.38 bits per heavy atom. The van der Waals surface area contributed by atoms with Crippen molar-refractivity contribution in [3.63, 3.8) is 0 Å². The number of ether oxygens (including phenoxy) is 2. The fraction of sp³-hybridized carbons (Fsp3) is 0.568. The van der Waals surface area contributed by atoms with Gasteiger partial charge in [0.15, 0.2) is 0 Å². The molecule has 250 valence electrons. The van der Waals surface area contributed by atoms with Gasteiger partial charge < -0.3 is 19.5 Å². The highest BCUT2D eigenvalue weighted by molar-refractivity contribution is 7.15. The highest BCUT2D eigenvalue weighted by atomic mass is 32.1. The van der Waals surface area contributed by atoms with Crippen LogP contribution in [-0.2, 0) is 9.53 Å². The largest absolute Gasteiger partial charge is 0.496 e. The number of anilines is 1. The zero-order valence-electron chi connectivity index (χ0n) is 27.5. The molecule has 3 saturated carbocycles. The van der Waals surface area contributed by atoms with Gasteiger partial charge in [-0.1, -0.05) is 12.1 Å². The summed E-state index contributed by atoms with van der Waals surface area (Å²) < 4.78 is 11.2. The second kappa shape index (κ2) is 13.9. The van der Waals surface area contributed by atoms with Crippen molar-refractivity contribution in [2.24, 2.45) is 11.8 Å². The van der Waals surface area contributed by atoms with Gasteiger partial charge in [0.25, 0.3) is 0 Å². The van der Waals surface area contributed by atoms with Crippen molar-refractivity contribution >= 4 is 29.2 Å². The molecule has 4 fully saturated rings. The lowest BCUT2D eigenvalue weighted by molar-refractivity contribution is -0.124. The van der Waals surface area contributed by atoms with Crippen molar-refractivity contribution in [1.29, 1.82) is 0 Å². The molecule has 1 aliphatic heterocycles. The summed E-state index contributed by atoms with van der Waals surface area (Å²) >= 11 is 1.75. The van der Waals surface area contributed by atoms with Gasteiger partial charge in [0.2, 0.25) is 5.91 Å². The van der Waals surface area contributed by atoms with Gasteiger partial charge in [-0.15, -0.1) is 11.3 Å². The number of rotatable bonds is 9. The van der Waals surface area contributed by atoms with Crippen molar-refractivity contribution in [3.8, 4) is 16.2 Å². The quantitative estimate of drug-likeness (QED) is 0.262. The number of methoxy groups -OCH3 is 1. The molecule has 1 aromatic carbocycles. The molecule has 2 amide bonds. The van der Waals surface area contributed by atoms with Crippen molar-refractivity contribution in [3.05, 3.63) is 58.9 Å². The van der Waals surface area contributed by atoms with Gasteiger partial charge in [-0.2, -0.15) is 0 Å². The fourth-order valence-corrected chi connectivity index (χ4v) is 8.60. The maximum atomic E-state index is 14.4. The summed E-state index contributed by atoms with van der Waals surface area (Å²) in [5.74, 6) is 3.16. The molecule has 0 atom stereocenters. The zero-order chi connectivity index (χ0) is 32.5. The molecule has 0 bridgehead atoms. The molecular formula is C37H46N4O5S. The molecule has 2 aromatic heterocycles. The second-order valence-electron chi connectivity index (χ2n) is 14.1. The van der Waals surface area contributed by atoms with Gasteiger partial charge in [0.05, 0.1) is 36.2 Å². The molecule has 3 aromatic rings. The van der Waals surface area contributed by atoms with E-state index in [0.29, 0.717) is 68.9 Å². The Bertz CT molecular complexity index is 1570. The van der Waals surface area contributed by atoms with Crippen LogP contribution in [0.15, 0.2) is 42.7 Å². The Balaban J connectivity index is 1.04. The third-order valence-electron chi connectivity index (χ3n) is 10.6. The number of hydrogen-bond acceptors (Lipinski definition) is 8. The average Bonchev–Trinajstić information content (AvgIpc) is 3.81. The van der Waals surface area contributed by atoms with E-state index in [1.165, 1.54) is 33.9 Å². The maximum absolute atomic E-state index is 14.4. The third-order valence-corrected chi connectivity index (χ3v) is 11.8. The molecule has 4 aliphatic rings. The van der Waals surface area contributed by atoms with E-state index >= 15 is 0 Å². The number of amides is 2. The molecule has 9 nitrogen and oxygen atoms in total. The van der Waals surface area contributed by atoms with Crippen LogP contribution in [0.25, 0.3) is 10.4 Å². The fourth-order valence-electron chi connectivity index (χ4n) is 7.52. The first kappa shape index (κ1) is 32.1. The van der Waals surface area contributed by atoms with Crippen LogP contribution in [0.5, 0.6) is 5.75 Å². The highest BCUT2D eigenvalue weighted by Gasteiger charge is 2.36. The molecule has 1 N–H and O–H groups in total. The predicted octanol–water partition coefficient (Wildman–Crippen LogP) is 7.08. The van der Waals surface area contributed by atoms with Gasteiger partial charge in [-0.25, -0.2) is 14.8 Å². The summed E-state index contributed by atoms with van der Waals surface area (Å²) in [6, 6.07) is 10.6. The average molecular weight is 659 g/mol. The molecule has 10 heteroatoms. The number of carbonyl (C=O) groups is 2. The minimum atomic E-state index is -0.452. The van der Waals surface area contributed by atoms with E-state index in [0.717, 1.165) is 41.9 Å². The standard InChI is InChI=1S/C37H46N4O5S/c1-23-17-28(11-14-32(23)45-2)25-5-3-24(4-6-25)20-41(34-18-29(15-16-38-34)33-19-39-35(47-33)26-7-8-26)36(43)27-9-12-31(13-10-27)46-37(44)40-21-30(42)22-40/h11,14-19,24-27,30-31,42H,3-10,12-13,20-22H2,1-2H3. The number of aliphatic hydroxyl groups excluding tert-OH is 1. The van der Waals surface area contributed by atoms with Crippen molar-refractivity contribution in [2.45, 2.75) is 95.2 Å². The van der Waals surface area contributed by atoms with Gasteiger partial charge >= 0.3 is 6.09 Å². The Hall–Kier alpha value is -3.50. The summed E-state index contributed by atoms with van der Waals surface area (Å²) in [4.78, 5) is 40.8. The monoisotopic (exact) mass is 658 g/mol. The van der Waals surface area contributed by atoms with Gasteiger partial charge in [0, 0.05) is 30.8 Å². The summed E-state index contributed by atoms with van der Waals surface area (Å²) in [6.45, 7) is 3.43. The molecule has 1 saturated heterocycles. The van der Waals surface area contributed by atoms with Crippen LogP contribution in [0.1, 0.15) is 92.2 Å². The number of aryl methyl sites for hydroxylation is 1. The summed E-state index contributed by atoms with van der Waals surface area (Å²) in [6.07, 6.45) is 12.2. The normalized spacial score (nSPS) is 24.8. The molecule has 47 heavy (non-hydrogen) atoms. The van der Waals surface area contributed by atoms with Crippen LogP contribution in [0.4, 0.5) is 10.6 Å². The smallest absolute Gasteiger partial charge is 0.410 e. The van der Waals surface area contributed by atoms with Crippen LogP contribution >= 0.6 is 11.3 Å². The Morgan fingerprint density at radius 2 is 1.70 bits per heavy atom. The lowest BCUT2D eigenvalue weighted by Crippen LogP contribution is -2.54. The number of likely N-dealkylation sites (tertiary alicyclic amines) is 1. The summed E-state index contributed by atoms with van der Waals surface area (Å²) in [5.41, 5.74) is 3.60. The predicted molar refractivity (Wildman–Crippen MR) is 182 cm³/mol. The number of β-amino-alcohol motifs (C(OH)–C–C–N with tert-alkyl or cyclic N) is 1. The highest BCUT2D eigenvalue weighted by Crippen LogP contribution is 2.44. The first-order valence-corrected chi connectivity index (χ1v) is 18.2. The minimum Gasteiger partial charge on any atom is -0.496 e. The SMILES string of the molecule is COc1ccc(C2CCC(CN(C(=O)C3CCC(OC(=O)N4CC(O)C4)CC3)c3cc(-c4cnc(C5CC5)s4)ccn3)CC2)cc1C. The van der Waals surface area contributed by atoms with Crippen molar-refractivity contribution < 1.29 is 24.2 Å². The minimum absolute atomic E-state index is 0.126. The van der Waals surface area contributed by atoms with Gasteiger partial charge in [0.1, 0.15) is 17.7 Å². The Morgan fingerprint density at radius 1 is 0.957 bits per heavy atom. The van der Waals surface area contributed by atoms with Crippen LogP contribution in [0.3, 0.4) is 0 Å². The molecule has 3 heterocycles. The number of benzene rings is 1. The molecule has 7 rings (SSSR count). The first-order chi connectivity index (χ1) is 22.8. The van der Waals surface area contributed by atoms with Crippen molar-refractivity contribution in [1.82, 2.24) is 14.9 Å². The number of carbonyl (C=O) groups excluding carboxylic acids is 2. The third kappa shape index (κ3) is 7.33. The van der Waals surface area contributed by atoms with E-state index in [-0.39, 0.29) is 24.0 Å². The molecule has 0 unspecified atom stereocenters. The van der Waals surface area contributed by atoms with E-state index in [4.69, 9.17) is 14.5 Å². The lowest BCUT2D eigenvalue weighted by Gasteiger charge is -2.38. The van der Waals surface area contributed by atoms with E-state index in [9.17, 15) is 14.7 Å². The summed E-state index contributed by atoms with van der Waals surface area (Å²) in [5, 5.41) is 10.7. The van der Waals surface area contributed by atoms with E-state index < -0.39 is 6.10 Å². The van der Waals surface area contributed by atoms with Crippen LogP contribution in [-0.4, -0.2) is 70.9 Å². The van der Waals surface area contributed by atoms with E-state index in [2.05, 4.69) is 36.2 Å². The topological polar surface area (TPSA) is 105 Å². The van der Waals surface area contributed by atoms with E-state index in [1.807, 2.05) is 23.4 Å². The number of aliphatic hydroxyl groups is 1. The molecular weight excluding hydrogens is 612 g/mol. The molecule has 3 aliphatic carbocycles. The number of nitrogens with zero attached hydrogens (tertiary/aromatic N) is 4.